The van der Waals surface area contributed by atoms with Gasteiger partial charge in [-0.1, -0.05) is 31.4 Å². The van der Waals surface area contributed by atoms with Crippen molar-refractivity contribution in [2.24, 2.45) is 0 Å². The third-order valence-corrected chi connectivity index (χ3v) is 5.94. The first-order valence-electron chi connectivity index (χ1n) is 11.3. The number of hydrogen-bond acceptors (Lipinski definition) is 2. The lowest BCUT2D eigenvalue weighted by molar-refractivity contribution is -0.137. The van der Waals surface area contributed by atoms with E-state index in [9.17, 15) is 17.6 Å². The van der Waals surface area contributed by atoms with Crippen LogP contribution in [-0.2, 0) is 6.18 Å². The van der Waals surface area contributed by atoms with E-state index in [0.29, 0.717) is 11.3 Å². The maximum Gasteiger partial charge on any atom is 0.416 e. The number of aromatic nitrogens is 2. The highest BCUT2D eigenvalue weighted by Gasteiger charge is 2.31. The van der Waals surface area contributed by atoms with Crippen molar-refractivity contribution in [1.29, 1.82) is 0 Å². The van der Waals surface area contributed by atoms with Crippen molar-refractivity contribution in [3.05, 3.63) is 107 Å². The summed E-state index contributed by atoms with van der Waals surface area (Å²) in [6, 6.07) is 8.58. The van der Waals surface area contributed by atoms with E-state index in [0.717, 1.165) is 64.4 Å². The second-order valence-corrected chi connectivity index (χ2v) is 8.61. The van der Waals surface area contributed by atoms with E-state index in [1.54, 1.807) is 24.5 Å². The van der Waals surface area contributed by atoms with Crippen LogP contribution >= 0.6 is 0 Å². The largest absolute Gasteiger partial charge is 0.416 e. The van der Waals surface area contributed by atoms with Crippen LogP contribution in [0.25, 0.3) is 22.8 Å². The van der Waals surface area contributed by atoms with Crippen LogP contribution in [0.5, 0.6) is 0 Å². The lowest BCUT2D eigenvalue weighted by Crippen LogP contribution is -2.06. The quantitative estimate of drug-likeness (QED) is 0.349. The Labute approximate surface area is 203 Å². The Hall–Kier alpha value is -3.54. The molecule has 0 saturated heterocycles. The molecule has 0 fully saturated rings. The molecule has 0 N–H and O–H groups in total. The SMILES string of the molecule is C=C(C)c1cncc(C2=C(c3cc(C(F)(F)F)ccc3C)CCC2)n1.C=Cc1ccc(F)cc1C. The molecule has 0 aliphatic heterocycles. The van der Waals surface area contributed by atoms with Crippen molar-refractivity contribution in [3.63, 3.8) is 0 Å². The van der Waals surface area contributed by atoms with Gasteiger partial charge in [0.05, 0.1) is 29.3 Å². The van der Waals surface area contributed by atoms with Gasteiger partial charge in [-0.25, -0.2) is 9.37 Å². The number of nitrogens with zero attached hydrogens (tertiary/aromatic N) is 2. The Kier molecular flexibility index (Phi) is 8.05. The molecule has 0 saturated carbocycles. The van der Waals surface area contributed by atoms with Crippen molar-refractivity contribution in [3.8, 4) is 0 Å². The first-order chi connectivity index (χ1) is 16.5. The molecular formula is C29H28F4N2. The molecule has 0 spiro atoms. The molecule has 0 radical (unpaired) electrons. The second kappa shape index (κ2) is 10.8. The number of rotatable bonds is 4. The molecule has 1 aliphatic rings. The molecular weight excluding hydrogens is 452 g/mol. The van der Waals surface area contributed by atoms with Crippen LogP contribution in [0, 0.1) is 19.7 Å². The van der Waals surface area contributed by atoms with Crippen molar-refractivity contribution in [2.75, 3.05) is 0 Å². The highest BCUT2D eigenvalue weighted by Crippen LogP contribution is 2.42. The average molecular weight is 481 g/mol. The Balaban J connectivity index is 0.000000287. The smallest absolute Gasteiger partial charge is 0.260 e. The fraction of sp³-hybridized carbons (Fsp3) is 0.241. The number of hydrogen-bond donors (Lipinski definition) is 0. The van der Waals surface area contributed by atoms with Crippen LogP contribution < -0.4 is 0 Å². The third kappa shape index (κ3) is 6.32. The Morgan fingerprint density at radius 2 is 1.69 bits per heavy atom. The van der Waals surface area contributed by atoms with E-state index in [2.05, 4.69) is 23.1 Å². The van der Waals surface area contributed by atoms with Gasteiger partial charge in [-0.05, 0) is 103 Å². The summed E-state index contributed by atoms with van der Waals surface area (Å²) in [7, 11) is 0. The summed E-state index contributed by atoms with van der Waals surface area (Å²) >= 11 is 0. The van der Waals surface area contributed by atoms with E-state index in [4.69, 9.17) is 0 Å². The zero-order valence-corrected chi connectivity index (χ0v) is 20.1. The molecule has 1 heterocycles. The van der Waals surface area contributed by atoms with Crippen molar-refractivity contribution in [1.82, 2.24) is 9.97 Å². The molecule has 4 rings (SSSR count). The number of halogens is 4. The molecule has 182 valence electrons. The van der Waals surface area contributed by atoms with Gasteiger partial charge < -0.3 is 0 Å². The summed E-state index contributed by atoms with van der Waals surface area (Å²) in [6.07, 6.45) is 3.14. The maximum atomic E-state index is 13.1. The third-order valence-electron chi connectivity index (χ3n) is 5.94. The fourth-order valence-corrected chi connectivity index (χ4v) is 4.03. The number of benzene rings is 2. The summed E-state index contributed by atoms with van der Waals surface area (Å²) in [5, 5.41) is 0. The molecule has 2 nitrogen and oxygen atoms in total. The number of alkyl halides is 3. The predicted molar refractivity (Wildman–Crippen MR) is 135 cm³/mol. The van der Waals surface area contributed by atoms with Crippen LogP contribution in [0.2, 0.25) is 0 Å². The van der Waals surface area contributed by atoms with E-state index < -0.39 is 11.7 Å². The van der Waals surface area contributed by atoms with Gasteiger partial charge in [-0.3, -0.25) is 4.98 Å². The fourth-order valence-electron chi connectivity index (χ4n) is 4.03. The normalized spacial score (nSPS) is 13.3. The lowest BCUT2D eigenvalue weighted by atomic mass is 9.94. The number of aryl methyl sites for hydroxylation is 2. The lowest BCUT2D eigenvalue weighted by Gasteiger charge is -2.14. The number of allylic oxidation sites excluding steroid dienone is 3. The topological polar surface area (TPSA) is 25.8 Å². The minimum atomic E-state index is -4.35. The monoisotopic (exact) mass is 480 g/mol. The van der Waals surface area contributed by atoms with Crippen LogP contribution in [0.4, 0.5) is 17.6 Å². The Bertz CT molecular complexity index is 1290. The molecule has 2 aromatic carbocycles. The molecule has 0 amide bonds. The van der Waals surface area contributed by atoms with E-state index in [-0.39, 0.29) is 5.82 Å². The van der Waals surface area contributed by atoms with E-state index >= 15 is 0 Å². The van der Waals surface area contributed by atoms with Crippen LogP contribution in [0.3, 0.4) is 0 Å². The Morgan fingerprint density at radius 3 is 2.31 bits per heavy atom. The zero-order chi connectivity index (χ0) is 25.8. The first-order valence-corrected chi connectivity index (χ1v) is 11.3. The molecule has 0 bridgehead atoms. The van der Waals surface area contributed by atoms with Gasteiger partial charge in [0.2, 0.25) is 0 Å². The van der Waals surface area contributed by atoms with Gasteiger partial charge >= 0.3 is 6.18 Å². The van der Waals surface area contributed by atoms with Crippen LogP contribution in [-0.4, -0.2) is 9.97 Å². The van der Waals surface area contributed by atoms with E-state index in [1.807, 2.05) is 20.8 Å². The Morgan fingerprint density at radius 1 is 0.971 bits per heavy atom. The van der Waals surface area contributed by atoms with Crippen molar-refractivity contribution in [2.45, 2.75) is 46.2 Å². The first kappa shape index (κ1) is 26.1. The van der Waals surface area contributed by atoms with Gasteiger partial charge in [0.15, 0.2) is 0 Å². The molecule has 1 aliphatic carbocycles. The van der Waals surface area contributed by atoms with Crippen LogP contribution in [0.15, 0.2) is 61.9 Å². The summed E-state index contributed by atoms with van der Waals surface area (Å²) in [5.74, 6) is -0.192. The molecule has 6 heteroatoms. The highest BCUT2D eigenvalue weighted by atomic mass is 19.4. The van der Waals surface area contributed by atoms with Gasteiger partial charge in [0.25, 0.3) is 0 Å². The van der Waals surface area contributed by atoms with Crippen molar-refractivity contribution >= 4 is 22.8 Å². The zero-order valence-electron chi connectivity index (χ0n) is 20.1. The maximum absolute atomic E-state index is 13.1. The summed E-state index contributed by atoms with van der Waals surface area (Å²) < 4.78 is 51.8. The van der Waals surface area contributed by atoms with Gasteiger partial charge in [0.1, 0.15) is 5.82 Å². The molecule has 3 aromatic rings. The summed E-state index contributed by atoms with van der Waals surface area (Å²) in [4.78, 5) is 8.81. The van der Waals surface area contributed by atoms with Crippen LogP contribution in [0.1, 0.15) is 65.4 Å². The average Bonchev–Trinajstić information content (AvgIpc) is 3.29. The molecule has 35 heavy (non-hydrogen) atoms. The minimum absolute atomic E-state index is 0.192. The predicted octanol–water partition coefficient (Wildman–Crippen LogP) is 8.71. The summed E-state index contributed by atoms with van der Waals surface area (Å²) in [6.45, 7) is 13.0. The van der Waals surface area contributed by atoms with Gasteiger partial charge in [0, 0.05) is 0 Å². The van der Waals surface area contributed by atoms with Gasteiger partial charge in [-0.2, -0.15) is 13.2 Å². The molecule has 0 atom stereocenters. The standard InChI is InChI=1S/C20H19F3N2.C9H9F/c1-12(2)18-10-24-11-19(25-18)16-6-4-5-15(16)17-9-14(20(21,22)23)8-7-13(17)3;1-3-8-4-5-9(10)6-7(8)2/h7-11H,1,4-6H2,2-3H3;3-6H,1H2,2H3. The molecule has 1 aromatic heterocycles. The highest BCUT2D eigenvalue weighted by molar-refractivity contribution is 5.92. The second-order valence-electron chi connectivity index (χ2n) is 8.61. The summed E-state index contributed by atoms with van der Waals surface area (Å²) in [5.41, 5.74) is 6.96. The van der Waals surface area contributed by atoms with E-state index in [1.165, 1.54) is 24.3 Å². The molecule has 0 unspecified atom stereocenters. The van der Waals surface area contributed by atoms with Gasteiger partial charge in [-0.15, -0.1) is 0 Å². The van der Waals surface area contributed by atoms with Crippen molar-refractivity contribution < 1.29 is 17.6 Å². The minimum Gasteiger partial charge on any atom is -0.260 e.